The predicted octanol–water partition coefficient (Wildman–Crippen LogP) is 0.0173. The van der Waals surface area contributed by atoms with Gasteiger partial charge in [0.05, 0.1) is 0 Å². The summed E-state index contributed by atoms with van der Waals surface area (Å²) in [4.78, 5) is 11.5. The molecule has 4 nitrogen and oxygen atoms in total. The molecule has 0 aromatic carbocycles. The Morgan fingerprint density at radius 1 is 1.54 bits per heavy atom. The van der Waals surface area contributed by atoms with E-state index >= 15 is 0 Å². The zero-order valence-corrected chi connectivity index (χ0v) is 8.46. The summed E-state index contributed by atoms with van der Waals surface area (Å²) in [6.45, 7) is 6.28. The second-order valence-corrected chi connectivity index (χ2v) is 4.49. The van der Waals surface area contributed by atoms with Gasteiger partial charge in [-0.1, -0.05) is 0 Å². The fourth-order valence-corrected chi connectivity index (χ4v) is 1.32. The highest BCUT2D eigenvalue weighted by molar-refractivity contribution is 5.76. The maximum atomic E-state index is 11.5. The van der Waals surface area contributed by atoms with Gasteiger partial charge >= 0.3 is 5.97 Å². The van der Waals surface area contributed by atoms with E-state index in [2.05, 4.69) is 5.32 Å². The molecule has 0 amide bonds. The maximum Gasteiger partial charge on any atom is 0.323 e. The van der Waals surface area contributed by atoms with E-state index in [4.69, 9.17) is 10.5 Å². The molecular formula is C9H18N2O2. The Balaban J connectivity index is 2.41. The van der Waals surface area contributed by atoms with Gasteiger partial charge in [-0.05, 0) is 27.2 Å². The van der Waals surface area contributed by atoms with Gasteiger partial charge < -0.3 is 15.8 Å². The summed E-state index contributed by atoms with van der Waals surface area (Å²) in [6, 6.07) is -0.133. The maximum absolute atomic E-state index is 11.5. The molecule has 1 rings (SSSR count). The van der Waals surface area contributed by atoms with Gasteiger partial charge in [-0.3, -0.25) is 4.79 Å². The lowest BCUT2D eigenvalue weighted by atomic mass is 10.1. The summed E-state index contributed by atoms with van der Waals surface area (Å²) in [5.41, 5.74) is 5.25. The lowest BCUT2D eigenvalue weighted by Crippen LogP contribution is -2.37. The lowest BCUT2D eigenvalue weighted by molar-refractivity contribution is -0.157. The molecule has 1 aliphatic rings. The van der Waals surface area contributed by atoms with Gasteiger partial charge in [0.25, 0.3) is 0 Å². The van der Waals surface area contributed by atoms with Gasteiger partial charge in [0.1, 0.15) is 11.6 Å². The first-order valence-corrected chi connectivity index (χ1v) is 4.60. The molecule has 1 aliphatic heterocycles. The Morgan fingerprint density at radius 2 is 2.15 bits per heavy atom. The number of nitrogens with two attached hydrogens (primary N) is 1. The summed E-state index contributed by atoms with van der Waals surface area (Å²) in [6.07, 6.45) is 0.676. The second-order valence-electron chi connectivity index (χ2n) is 4.49. The molecule has 0 aliphatic carbocycles. The van der Waals surface area contributed by atoms with E-state index in [1.165, 1.54) is 0 Å². The predicted molar refractivity (Wildman–Crippen MR) is 50.2 cm³/mol. The number of carbonyl (C=O) groups is 1. The third kappa shape index (κ3) is 3.32. The standard InChI is InChI=1S/C9H18N2O2/c1-9(2,3)13-8(12)7-4-6(10)5-11-7/h6-7,11H,4-5,10H2,1-3H3/t6-,7?/m0/s1. The number of esters is 1. The Kier molecular flexibility index (Phi) is 2.93. The average molecular weight is 186 g/mol. The van der Waals surface area contributed by atoms with Crippen LogP contribution in [0.4, 0.5) is 0 Å². The van der Waals surface area contributed by atoms with Crippen molar-refractivity contribution in [2.75, 3.05) is 6.54 Å². The van der Waals surface area contributed by atoms with Crippen molar-refractivity contribution in [1.82, 2.24) is 5.32 Å². The van der Waals surface area contributed by atoms with Crippen LogP contribution in [-0.4, -0.2) is 30.2 Å². The van der Waals surface area contributed by atoms with Crippen LogP contribution in [0.5, 0.6) is 0 Å². The van der Waals surface area contributed by atoms with Crippen LogP contribution in [0.15, 0.2) is 0 Å². The van der Waals surface area contributed by atoms with Crippen LogP contribution in [0.3, 0.4) is 0 Å². The molecule has 3 N–H and O–H groups in total. The van der Waals surface area contributed by atoms with Gasteiger partial charge in [0.2, 0.25) is 0 Å². The molecule has 13 heavy (non-hydrogen) atoms. The molecule has 0 radical (unpaired) electrons. The quantitative estimate of drug-likeness (QED) is 0.566. The van der Waals surface area contributed by atoms with Crippen LogP contribution in [0.1, 0.15) is 27.2 Å². The summed E-state index contributed by atoms with van der Waals surface area (Å²) in [5, 5.41) is 3.03. The third-order valence-electron chi connectivity index (χ3n) is 1.86. The zero-order valence-electron chi connectivity index (χ0n) is 8.46. The molecule has 1 heterocycles. The molecule has 4 heteroatoms. The molecule has 1 unspecified atom stereocenters. The molecule has 2 atom stereocenters. The van der Waals surface area contributed by atoms with Crippen molar-refractivity contribution in [1.29, 1.82) is 0 Å². The lowest BCUT2D eigenvalue weighted by Gasteiger charge is -2.21. The van der Waals surface area contributed by atoms with Crippen molar-refractivity contribution in [3.8, 4) is 0 Å². The van der Waals surface area contributed by atoms with E-state index in [1.807, 2.05) is 20.8 Å². The zero-order chi connectivity index (χ0) is 10.1. The van der Waals surface area contributed by atoms with Crippen LogP contribution >= 0.6 is 0 Å². The van der Waals surface area contributed by atoms with Gasteiger partial charge in [-0.15, -0.1) is 0 Å². The Bertz CT molecular complexity index is 198. The Hall–Kier alpha value is -0.610. The van der Waals surface area contributed by atoms with E-state index in [9.17, 15) is 4.79 Å². The molecular weight excluding hydrogens is 168 g/mol. The van der Waals surface area contributed by atoms with Crippen molar-refractivity contribution in [2.24, 2.45) is 5.73 Å². The highest BCUT2D eigenvalue weighted by Gasteiger charge is 2.30. The van der Waals surface area contributed by atoms with Crippen molar-refractivity contribution in [2.45, 2.75) is 44.9 Å². The minimum atomic E-state index is -0.411. The third-order valence-corrected chi connectivity index (χ3v) is 1.86. The van der Waals surface area contributed by atoms with E-state index in [0.717, 1.165) is 0 Å². The Morgan fingerprint density at radius 3 is 2.54 bits per heavy atom. The van der Waals surface area contributed by atoms with Crippen LogP contribution in [-0.2, 0) is 9.53 Å². The van der Waals surface area contributed by atoms with Gasteiger partial charge in [0, 0.05) is 12.6 Å². The Labute approximate surface area is 78.8 Å². The number of rotatable bonds is 1. The van der Waals surface area contributed by atoms with E-state index < -0.39 is 5.60 Å². The number of hydrogen-bond acceptors (Lipinski definition) is 4. The SMILES string of the molecule is CC(C)(C)OC(=O)C1C[C@H](N)CN1. The molecule has 0 bridgehead atoms. The van der Waals surface area contributed by atoms with Crippen molar-refractivity contribution >= 4 is 5.97 Å². The fraction of sp³-hybridized carbons (Fsp3) is 0.889. The molecule has 0 aromatic rings. The summed E-state index contributed by atoms with van der Waals surface area (Å²) < 4.78 is 5.21. The highest BCUT2D eigenvalue weighted by Crippen LogP contribution is 2.12. The summed E-state index contributed by atoms with van der Waals surface area (Å²) >= 11 is 0. The molecule has 0 spiro atoms. The molecule has 1 saturated heterocycles. The second kappa shape index (κ2) is 3.64. The van der Waals surface area contributed by atoms with Crippen molar-refractivity contribution < 1.29 is 9.53 Å². The number of ether oxygens (including phenoxy) is 1. The topological polar surface area (TPSA) is 64.3 Å². The van der Waals surface area contributed by atoms with E-state index in [-0.39, 0.29) is 18.1 Å². The first-order chi connectivity index (χ1) is 5.88. The van der Waals surface area contributed by atoms with E-state index in [0.29, 0.717) is 13.0 Å². The van der Waals surface area contributed by atoms with Gasteiger partial charge in [-0.2, -0.15) is 0 Å². The number of hydrogen-bond donors (Lipinski definition) is 2. The van der Waals surface area contributed by atoms with Gasteiger partial charge in [0.15, 0.2) is 0 Å². The molecule has 0 aromatic heterocycles. The fourth-order valence-electron chi connectivity index (χ4n) is 1.32. The molecule has 1 fully saturated rings. The first-order valence-electron chi connectivity index (χ1n) is 4.60. The summed E-state index contributed by atoms with van der Waals surface area (Å²) in [7, 11) is 0. The first kappa shape index (κ1) is 10.5. The molecule has 0 saturated carbocycles. The summed E-state index contributed by atoms with van der Waals surface area (Å²) in [5.74, 6) is -0.194. The number of carbonyl (C=O) groups excluding carboxylic acids is 1. The van der Waals surface area contributed by atoms with Gasteiger partial charge in [-0.25, -0.2) is 0 Å². The van der Waals surface area contributed by atoms with Crippen molar-refractivity contribution in [3.05, 3.63) is 0 Å². The minimum Gasteiger partial charge on any atom is -0.459 e. The smallest absolute Gasteiger partial charge is 0.323 e. The number of nitrogens with one attached hydrogen (secondary N) is 1. The molecule has 76 valence electrons. The highest BCUT2D eigenvalue weighted by atomic mass is 16.6. The monoisotopic (exact) mass is 186 g/mol. The van der Waals surface area contributed by atoms with Crippen molar-refractivity contribution in [3.63, 3.8) is 0 Å². The van der Waals surface area contributed by atoms with E-state index in [1.54, 1.807) is 0 Å². The van der Waals surface area contributed by atoms with Crippen LogP contribution < -0.4 is 11.1 Å². The van der Waals surface area contributed by atoms with Crippen LogP contribution in [0.25, 0.3) is 0 Å². The normalized spacial score (nSPS) is 28.9. The minimum absolute atomic E-state index is 0.0810. The van der Waals surface area contributed by atoms with Crippen LogP contribution in [0, 0.1) is 0 Å². The van der Waals surface area contributed by atoms with Crippen LogP contribution in [0.2, 0.25) is 0 Å². The average Bonchev–Trinajstić information content (AvgIpc) is 2.31. The largest absolute Gasteiger partial charge is 0.459 e.